The Morgan fingerprint density at radius 2 is 1.54 bits per heavy atom. The molecule has 8 atom stereocenters. The number of anilines is 1. The van der Waals surface area contributed by atoms with Crippen LogP contribution in [0.4, 0.5) is 5.69 Å². The van der Waals surface area contributed by atoms with E-state index in [4.69, 9.17) is 15.3 Å². The maximum Gasteiger partial charge on any atom is 0.220 e. The summed E-state index contributed by atoms with van der Waals surface area (Å²) < 4.78 is 5.70. The summed E-state index contributed by atoms with van der Waals surface area (Å²) in [4.78, 5) is 28.1. The Kier molecular flexibility index (Phi) is 34.0. The van der Waals surface area contributed by atoms with Gasteiger partial charge in [-0.25, -0.2) is 0 Å². The lowest BCUT2D eigenvalue weighted by Gasteiger charge is -2.40. The SMILES string of the molecule is C=CCC(OC)C(C(C)CC)N(C)C(=C)CC(C)C.CC.CC(C)C(C)N(C)C.CCC(CC(=O)N[C@H](C)C(C)c1ccc(N)cc1)C1CCCN1C.NC=O. The van der Waals surface area contributed by atoms with Crippen molar-refractivity contribution in [2.24, 2.45) is 29.4 Å². The van der Waals surface area contributed by atoms with Gasteiger partial charge in [0, 0.05) is 56.0 Å². The molecule has 0 aliphatic carbocycles. The van der Waals surface area contributed by atoms with Crippen LogP contribution in [0.5, 0.6) is 0 Å². The number of methoxy groups -OCH3 is 1. The zero-order chi connectivity index (χ0) is 44.1. The number of allylic oxidation sites excluding steroid dienone is 1. The molecule has 0 bridgehead atoms. The summed E-state index contributed by atoms with van der Waals surface area (Å²) in [6.07, 6.45) is 9.60. The first kappa shape index (κ1) is 57.4. The minimum absolute atomic E-state index is 0.111. The zero-order valence-corrected chi connectivity index (χ0v) is 39.5. The number of nitrogen functional groups attached to an aromatic ring is 1. The first-order chi connectivity index (χ1) is 26.3. The van der Waals surface area contributed by atoms with Gasteiger partial charge in [0.05, 0.1) is 12.1 Å². The van der Waals surface area contributed by atoms with Gasteiger partial charge in [0.2, 0.25) is 12.3 Å². The number of ether oxygens (including phenoxy) is 1. The Morgan fingerprint density at radius 1 is 1.00 bits per heavy atom. The van der Waals surface area contributed by atoms with Crippen LogP contribution >= 0.6 is 0 Å². The molecule has 1 aromatic carbocycles. The third-order valence-electron chi connectivity index (χ3n) is 11.4. The van der Waals surface area contributed by atoms with Crippen LogP contribution in [0, 0.1) is 23.7 Å². The predicted molar refractivity (Wildman–Crippen MR) is 246 cm³/mol. The van der Waals surface area contributed by atoms with Crippen LogP contribution < -0.4 is 16.8 Å². The Bertz CT molecular complexity index is 1130. The summed E-state index contributed by atoms with van der Waals surface area (Å²) in [7, 11) is 10.4. The van der Waals surface area contributed by atoms with Crippen LogP contribution in [0.25, 0.3) is 0 Å². The fourth-order valence-electron chi connectivity index (χ4n) is 7.05. The predicted octanol–water partition coefficient (Wildman–Crippen LogP) is 9.59. The van der Waals surface area contributed by atoms with E-state index in [9.17, 15) is 4.79 Å². The molecule has 0 spiro atoms. The molecule has 7 unspecified atom stereocenters. The van der Waals surface area contributed by atoms with Crippen molar-refractivity contribution in [2.45, 2.75) is 164 Å². The van der Waals surface area contributed by atoms with Gasteiger partial charge in [-0.15, -0.1) is 6.58 Å². The van der Waals surface area contributed by atoms with E-state index in [1.165, 1.54) is 24.1 Å². The van der Waals surface area contributed by atoms with Gasteiger partial charge < -0.3 is 36.2 Å². The van der Waals surface area contributed by atoms with Crippen LogP contribution in [-0.4, -0.2) is 99.1 Å². The molecule has 1 fully saturated rings. The lowest BCUT2D eigenvalue weighted by Crippen LogP contribution is -2.45. The van der Waals surface area contributed by atoms with Crippen molar-refractivity contribution in [2.75, 3.05) is 47.6 Å². The number of nitrogens with one attached hydrogen (secondary N) is 1. The average Bonchev–Trinajstić information content (AvgIpc) is 3.59. The Morgan fingerprint density at radius 3 is 1.89 bits per heavy atom. The van der Waals surface area contributed by atoms with E-state index >= 15 is 0 Å². The molecule has 2 amide bonds. The smallest absolute Gasteiger partial charge is 0.220 e. The maximum absolute atomic E-state index is 12.5. The minimum atomic E-state index is 0.111. The molecule has 1 aromatic rings. The van der Waals surface area contributed by atoms with Crippen molar-refractivity contribution in [1.29, 1.82) is 0 Å². The minimum Gasteiger partial charge on any atom is -0.399 e. The van der Waals surface area contributed by atoms with E-state index in [1.54, 1.807) is 7.11 Å². The first-order valence-corrected chi connectivity index (χ1v) is 21.5. The molecule has 5 N–H and O–H groups in total. The second kappa shape index (κ2) is 33.1. The zero-order valence-electron chi connectivity index (χ0n) is 39.5. The number of benzene rings is 1. The summed E-state index contributed by atoms with van der Waals surface area (Å²) in [5, 5.41) is 3.21. The molecule has 1 aliphatic heterocycles. The third kappa shape index (κ3) is 23.4. The van der Waals surface area contributed by atoms with E-state index in [-0.39, 0.29) is 30.4 Å². The van der Waals surface area contributed by atoms with Gasteiger partial charge in [0.15, 0.2) is 0 Å². The van der Waals surface area contributed by atoms with Gasteiger partial charge in [-0.1, -0.05) is 107 Å². The number of amides is 2. The molecule has 9 nitrogen and oxygen atoms in total. The third-order valence-corrected chi connectivity index (χ3v) is 11.4. The van der Waals surface area contributed by atoms with Gasteiger partial charge in [-0.05, 0) is 109 Å². The molecule has 0 radical (unpaired) electrons. The van der Waals surface area contributed by atoms with Crippen molar-refractivity contribution in [3.8, 4) is 0 Å². The number of nitrogens with two attached hydrogens (primary N) is 2. The van der Waals surface area contributed by atoms with Gasteiger partial charge in [-0.2, -0.15) is 0 Å². The molecule has 1 heterocycles. The number of hydrogen-bond donors (Lipinski definition) is 3. The average molecular weight is 789 g/mol. The highest BCUT2D eigenvalue weighted by atomic mass is 16.5. The van der Waals surface area contributed by atoms with Crippen LogP contribution in [-0.2, 0) is 14.3 Å². The molecule has 0 aromatic heterocycles. The molecule has 2 rings (SSSR count). The highest BCUT2D eigenvalue weighted by Gasteiger charge is 2.31. The Hall–Kier alpha value is -2.88. The number of nitrogens with zero attached hydrogens (tertiary/aromatic N) is 3. The molecule has 1 aliphatic rings. The second-order valence-corrected chi connectivity index (χ2v) is 16.4. The van der Waals surface area contributed by atoms with Crippen molar-refractivity contribution in [1.82, 2.24) is 20.0 Å². The Balaban J connectivity index is -0.000000779. The van der Waals surface area contributed by atoms with Gasteiger partial charge in [0.1, 0.15) is 0 Å². The van der Waals surface area contributed by atoms with Crippen molar-refractivity contribution in [3.63, 3.8) is 0 Å². The molecular weight excluding hydrogens is 697 g/mol. The van der Waals surface area contributed by atoms with Gasteiger partial charge in [0.25, 0.3) is 0 Å². The van der Waals surface area contributed by atoms with E-state index in [2.05, 4.69) is 136 Å². The molecule has 328 valence electrons. The second-order valence-electron chi connectivity index (χ2n) is 16.4. The van der Waals surface area contributed by atoms with Crippen molar-refractivity contribution >= 4 is 18.0 Å². The van der Waals surface area contributed by atoms with E-state index in [0.717, 1.165) is 43.8 Å². The molecule has 56 heavy (non-hydrogen) atoms. The fraction of sp³-hybridized carbons (Fsp3) is 0.745. The summed E-state index contributed by atoms with van der Waals surface area (Å²) in [6, 6.07) is 9.67. The molecule has 1 saturated heterocycles. The lowest BCUT2D eigenvalue weighted by molar-refractivity contribution is -0.123. The summed E-state index contributed by atoms with van der Waals surface area (Å²) in [5.74, 6) is 2.87. The number of carbonyl (C=O) groups excluding carboxylic acids is 2. The number of carbonyl (C=O) groups is 2. The Labute approximate surface area is 347 Å². The summed E-state index contributed by atoms with van der Waals surface area (Å²) >= 11 is 0. The normalized spacial score (nSPS) is 17.4. The van der Waals surface area contributed by atoms with Crippen LogP contribution in [0.3, 0.4) is 0 Å². The first-order valence-electron chi connectivity index (χ1n) is 21.5. The van der Waals surface area contributed by atoms with E-state index < -0.39 is 0 Å². The van der Waals surface area contributed by atoms with Crippen LogP contribution in [0.15, 0.2) is 49.2 Å². The number of likely N-dealkylation sites (tertiary alicyclic amines) is 1. The van der Waals surface area contributed by atoms with Gasteiger partial charge in [-0.3, -0.25) is 9.59 Å². The number of rotatable bonds is 19. The van der Waals surface area contributed by atoms with Gasteiger partial charge >= 0.3 is 0 Å². The van der Waals surface area contributed by atoms with E-state index in [1.807, 2.05) is 44.2 Å². The highest BCUT2D eigenvalue weighted by molar-refractivity contribution is 5.76. The summed E-state index contributed by atoms with van der Waals surface area (Å²) in [5.41, 5.74) is 13.1. The largest absolute Gasteiger partial charge is 0.399 e. The van der Waals surface area contributed by atoms with Crippen molar-refractivity contribution < 1.29 is 14.3 Å². The number of primary amides is 1. The van der Waals surface area contributed by atoms with Crippen LogP contribution in [0.2, 0.25) is 0 Å². The molecule has 0 saturated carbocycles. The summed E-state index contributed by atoms with van der Waals surface area (Å²) in [6.45, 7) is 35.4. The fourth-order valence-corrected chi connectivity index (χ4v) is 7.05. The van der Waals surface area contributed by atoms with Crippen molar-refractivity contribution in [3.05, 3.63) is 54.8 Å². The monoisotopic (exact) mass is 789 g/mol. The number of hydrogen-bond acceptors (Lipinski definition) is 7. The van der Waals surface area contributed by atoms with E-state index in [0.29, 0.717) is 42.3 Å². The maximum atomic E-state index is 12.5. The lowest BCUT2D eigenvalue weighted by atomic mass is 9.90. The molecule has 9 heteroatoms. The topological polar surface area (TPSA) is 117 Å². The quantitative estimate of drug-likeness (QED) is 0.0727. The highest BCUT2D eigenvalue weighted by Crippen LogP contribution is 2.28. The van der Waals surface area contributed by atoms with Crippen LogP contribution in [0.1, 0.15) is 140 Å². The number of likely N-dealkylation sites (N-methyl/N-ethyl adjacent to an activating group) is 1. The standard InChI is InChI=1S/C20H33N3O.C17H33NO.C7H17N.C2H6.CH3NO/c1-5-16(19-7-6-12-23(19)4)13-20(24)22-15(3)14(2)17-8-10-18(21)11-9-17;1-9-11-16(19-8)17(14(5)10-2)18(7)15(6)12-13(3)4;1-6(2)7(3)8(4)5;1-2;2-1-3/h8-11,14-16,19H,5-7,12-13,21H2,1-4H3,(H,22,24);9,13-14,16-17H,1,6,10-12H2,2-5,7-8H3;6-7H,1-5H3;1-2H3;1H,(H2,2,3)/t14?,15-,16?,19?;;;;/m1..../s1. The molecular formula is C47H92N6O3.